The number of amides is 5. The molecule has 4 rings (SSSR count). The number of nitrogens with zero attached hydrogens (tertiary/aromatic N) is 2. The Kier molecular flexibility index (Phi) is 8.44. The van der Waals surface area contributed by atoms with Crippen molar-refractivity contribution in [2.24, 2.45) is 0 Å². The number of aromatic carboxylic acids is 1. The summed E-state index contributed by atoms with van der Waals surface area (Å²) in [6.45, 7) is 1.51. The van der Waals surface area contributed by atoms with Gasteiger partial charge in [0.05, 0.1) is 11.0 Å². The van der Waals surface area contributed by atoms with Crippen molar-refractivity contribution in [1.29, 1.82) is 0 Å². The number of hydrogen-bond donors (Lipinski definition) is 6. The smallest absolute Gasteiger partial charge is 0.534 e. The van der Waals surface area contributed by atoms with Crippen molar-refractivity contribution in [3.63, 3.8) is 0 Å². The second-order valence-corrected chi connectivity index (χ2v) is 9.60. The van der Waals surface area contributed by atoms with Gasteiger partial charge in [0.25, 0.3) is 0 Å². The minimum Gasteiger partial charge on any atom is -0.534 e. The number of carboxylic acid groups (broad SMARTS) is 1. The second kappa shape index (κ2) is 11.7. The van der Waals surface area contributed by atoms with Gasteiger partial charge in [-0.25, -0.2) is 18.4 Å². The van der Waals surface area contributed by atoms with E-state index < -0.39 is 93.9 Å². The number of phenols is 2. The third-order valence-corrected chi connectivity index (χ3v) is 7.10. The molecule has 0 spiro atoms. The molecule has 2 aliphatic heterocycles. The highest BCUT2D eigenvalue weighted by atomic mass is 35.5. The number of piperazine rings is 1. The number of phenolic OH excluding ortho intramolecular Hbond substituents is 2. The summed E-state index contributed by atoms with van der Waals surface area (Å²) in [6, 6.07) is -1.02. The van der Waals surface area contributed by atoms with Crippen molar-refractivity contribution in [2.75, 3.05) is 19.6 Å². The molecule has 2 atom stereocenters. The summed E-state index contributed by atoms with van der Waals surface area (Å²) >= 11 is 6.01. The Morgan fingerprint density at radius 2 is 1.86 bits per heavy atom. The third-order valence-electron chi connectivity index (χ3n) is 6.71. The fraction of sp³-hybridized carbons (Fsp3) is 0.292. The fourth-order valence-corrected chi connectivity index (χ4v) is 4.84. The number of fused-ring (bicyclic) bond motifs is 1. The summed E-state index contributed by atoms with van der Waals surface area (Å²) in [7, 11) is -1.95. The number of aromatic hydroxyl groups is 2. The lowest BCUT2D eigenvalue weighted by Crippen LogP contribution is -2.60. The molecule has 42 heavy (non-hydrogen) atoms. The summed E-state index contributed by atoms with van der Waals surface area (Å²) in [5.74, 6) is -11.5. The molecule has 5 amide bonds. The Morgan fingerprint density at radius 1 is 1.17 bits per heavy atom. The predicted octanol–water partition coefficient (Wildman–Crippen LogP) is 0.309. The Morgan fingerprint density at radius 3 is 2.50 bits per heavy atom. The van der Waals surface area contributed by atoms with Crippen LogP contribution in [0.4, 0.5) is 13.6 Å². The van der Waals surface area contributed by atoms with Crippen molar-refractivity contribution in [1.82, 2.24) is 20.4 Å². The van der Waals surface area contributed by atoms with Gasteiger partial charge in [-0.3, -0.25) is 19.3 Å². The van der Waals surface area contributed by atoms with Crippen LogP contribution in [0.1, 0.15) is 34.5 Å². The Balaban J connectivity index is 1.66. The molecule has 0 bridgehead atoms. The first-order valence-corrected chi connectivity index (χ1v) is 12.6. The Labute approximate surface area is 240 Å². The van der Waals surface area contributed by atoms with Gasteiger partial charge in [-0.1, -0.05) is 17.7 Å². The van der Waals surface area contributed by atoms with E-state index in [1.165, 1.54) is 4.90 Å². The molecule has 2 aromatic rings. The van der Waals surface area contributed by atoms with Gasteiger partial charge < -0.3 is 40.5 Å². The third kappa shape index (κ3) is 5.47. The summed E-state index contributed by atoms with van der Waals surface area (Å²) in [6.07, 6.45) is -0.313. The van der Waals surface area contributed by atoms with Crippen LogP contribution in [0.5, 0.6) is 17.2 Å². The molecule has 0 unspecified atom stereocenters. The van der Waals surface area contributed by atoms with Gasteiger partial charge >= 0.3 is 30.9 Å². The molecule has 1 fully saturated rings. The van der Waals surface area contributed by atoms with Gasteiger partial charge in [0.2, 0.25) is 5.91 Å². The predicted molar refractivity (Wildman–Crippen MR) is 138 cm³/mol. The maximum Gasteiger partial charge on any atom is 0.547 e. The van der Waals surface area contributed by atoms with Crippen molar-refractivity contribution in [3.8, 4) is 17.2 Å². The first-order chi connectivity index (χ1) is 19.8. The van der Waals surface area contributed by atoms with E-state index in [1.54, 1.807) is 6.92 Å². The minimum absolute atomic E-state index is 0.0234. The van der Waals surface area contributed by atoms with Gasteiger partial charge in [0, 0.05) is 31.3 Å². The summed E-state index contributed by atoms with van der Waals surface area (Å²) < 4.78 is 34.3. The molecule has 0 saturated carbocycles. The van der Waals surface area contributed by atoms with Gasteiger partial charge in [-0.2, -0.15) is 0 Å². The average Bonchev–Trinajstić information content (AvgIpc) is 2.92. The van der Waals surface area contributed by atoms with Crippen LogP contribution in [0.3, 0.4) is 0 Å². The highest BCUT2D eigenvalue weighted by molar-refractivity contribution is 6.47. The number of likely N-dealkylation sites (N-methyl/N-ethyl adjacent to an activating group) is 1. The number of nitrogens with one attached hydrogen (secondary N) is 2. The molecule has 18 heteroatoms. The summed E-state index contributed by atoms with van der Waals surface area (Å²) in [5, 5.41) is 43.1. The maximum atomic E-state index is 15.0. The number of carbonyl (C=O) groups excluding carboxylic acids is 4. The normalized spacial score (nSPS) is 17.4. The number of benzene rings is 2. The number of carbonyl (C=O) groups is 5. The lowest BCUT2D eigenvalue weighted by molar-refractivity contribution is -0.153. The molecule has 0 aromatic heterocycles. The standard InChI is InChI=1S/C24H22BClF2N4O10/c1-2-31-5-6-32(22(37)21(31)36)24(40)30-17(14-11(28)8-12(33)18(34)16(14)26)20(35)29-13-7-9-3-4-10(27)15(23(38)39)19(9)42-25(13)41/h3-4,8,13,17,33-34,41H,2,5-7H2,1H3,(H,29,35)(H,30,40)(H,38,39)/t13-,17+/m0/s1. The number of rotatable bonds is 6. The highest BCUT2D eigenvalue weighted by Crippen LogP contribution is 2.40. The van der Waals surface area contributed by atoms with E-state index in [0.29, 0.717) is 11.0 Å². The number of carboxylic acids is 1. The number of imide groups is 1. The lowest BCUT2D eigenvalue weighted by atomic mass is 9.72. The van der Waals surface area contributed by atoms with Crippen LogP contribution in [0.2, 0.25) is 5.02 Å². The van der Waals surface area contributed by atoms with E-state index in [1.807, 2.05) is 0 Å². The van der Waals surface area contributed by atoms with Crippen molar-refractivity contribution < 1.29 is 57.8 Å². The van der Waals surface area contributed by atoms with E-state index in [9.17, 15) is 48.7 Å². The van der Waals surface area contributed by atoms with Crippen LogP contribution in [0.25, 0.3) is 0 Å². The zero-order valence-electron chi connectivity index (χ0n) is 21.6. The number of hydrogen-bond acceptors (Lipinski definition) is 9. The maximum absolute atomic E-state index is 15.0. The van der Waals surface area contributed by atoms with E-state index in [0.717, 1.165) is 12.1 Å². The topological polar surface area (TPSA) is 206 Å². The van der Waals surface area contributed by atoms with Crippen LogP contribution in [-0.4, -0.2) is 92.6 Å². The summed E-state index contributed by atoms with van der Waals surface area (Å²) in [5.41, 5.74) is -1.61. The van der Waals surface area contributed by atoms with Crippen molar-refractivity contribution in [2.45, 2.75) is 25.3 Å². The van der Waals surface area contributed by atoms with Crippen molar-refractivity contribution in [3.05, 3.63) is 51.5 Å². The molecule has 222 valence electrons. The molecule has 0 aliphatic carbocycles. The SMILES string of the molecule is CCN1CCN(C(=O)N[C@@H](C(=O)N[C@H]2Cc3ccc(F)c(C(=O)O)c3OB2O)c2c(F)cc(O)c(O)c2Cl)C(=O)C1=O. The van der Waals surface area contributed by atoms with Gasteiger partial charge in [-0.15, -0.1) is 0 Å². The van der Waals surface area contributed by atoms with Crippen LogP contribution in [0, 0.1) is 11.6 Å². The zero-order valence-corrected chi connectivity index (χ0v) is 22.3. The fourth-order valence-electron chi connectivity index (χ4n) is 4.54. The molecule has 2 aromatic carbocycles. The Hall–Kier alpha value is -4.64. The summed E-state index contributed by atoms with van der Waals surface area (Å²) in [4.78, 5) is 64.5. The van der Waals surface area contributed by atoms with E-state index in [4.69, 9.17) is 16.3 Å². The van der Waals surface area contributed by atoms with Crippen LogP contribution in [-0.2, 0) is 20.8 Å². The van der Waals surface area contributed by atoms with Crippen LogP contribution >= 0.6 is 11.6 Å². The number of halogens is 3. The molecule has 2 aliphatic rings. The monoisotopic (exact) mass is 610 g/mol. The lowest BCUT2D eigenvalue weighted by Gasteiger charge is -2.33. The average molecular weight is 611 g/mol. The van der Waals surface area contributed by atoms with E-state index in [2.05, 4.69) is 10.6 Å². The molecule has 0 radical (unpaired) electrons. The van der Waals surface area contributed by atoms with Gasteiger partial charge in [-0.05, 0) is 25.0 Å². The molecular weight excluding hydrogens is 589 g/mol. The molecule has 1 saturated heterocycles. The van der Waals surface area contributed by atoms with Crippen molar-refractivity contribution >= 4 is 48.4 Å². The Bertz CT molecular complexity index is 1510. The van der Waals surface area contributed by atoms with E-state index >= 15 is 4.39 Å². The number of urea groups is 1. The van der Waals surface area contributed by atoms with E-state index in [-0.39, 0.29) is 31.6 Å². The zero-order chi connectivity index (χ0) is 31.0. The first kappa shape index (κ1) is 30.3. The molecule has 6 N–H and O–H groups in total. The van der Waals surface area contributed by atoms with Gasteiger partial charge in [0.1, 0.15) is 29.0 Å². The van der Waals surface area contributed by atoms with Gasteiger partial charge in [0.15, 0.2) is 11.5 Å². The largest absolute Gasteiger partial charge is 0.547 e. The quantitative estimate of drug-likeness (QED) is 0.150. The second-order valence-electron chi connectivity index (χ2n) is 9.22. The van der Waals surface area contributed by atoms with Crippen LogP contribution < -0.4 is 15.3 Å². The highest BCUT2D eigenvalue weighted by Gasteiger charge is 2.42. The molecule has 14 nitrogen and oxygen atoms in total. The first-order valence-electron chi connectivity index (χ1n) is 12.3. The molecular formula is C24H22BClF2N4O10. The molecule has 2 heterocycles. The van der Waals surface area contributed by atoms with Crippen LogP contribution in [0.15, 0.2) is 18.2 Å². The minimum atomic E-state index is -2.12.